The van der Waals surface area contributed by atoms with E-state index in [4.69, 9.17) is 21.8 Å². The summed E-state index contributed by atoms with van der Waals surface area (Å²) in [6.45, 7) is 1.61. The maximum absolute atomic E-state index is 13.9. The molecule has 1 aromatic heterocycles. The van der Waals surface area contributed by atoms with Crippen LogP contribution in [0.25, 0.3) is 0 Å². The fourth-order valence-corrected chi connectivity index (χ4v) is 2.89. The van der Waals surface area contributed by atoms with Crippen molar-refractivity contribution in [2.45, 2.75) is 6.54 Å². The van der Waals surface area contributed by atoms with E-state index in [0.29, 0.717) is 37.5 Å². The number of nitrogens with two attached hydrogens (primary N) is 1. The van der Waals surface area contributed by atoms with E-state index in [1.807, 2.05) is 0 Å². The first-order valence-corrected chi connectivity index (χ1v) is 8.18. The lowest BCUT2D eigenvalue weighted by Gasteiger charge is -2.34. The van der Waals surface area contributed by atoms with Crippen LogP contribution in [0, 0.1) is 5.82 Å². The van der Waals surface area contributed by atoms with Gasteiger partial charge in [-0.1, -0.05) is 11.6 Å². The molecule has 0 aliphatic carbocycles. The highest BCUT2D eigenvalue weighted by Crippen LogP contribution is 2.18. The molecule has 0 unspecified atom stereocenters. The molecule has 9 heteroatoms. The Morgan fingerprint density at radius 1 is 1.12 bits per heavy atom. The number of benzene rings is 1. The molecule has 140 valence electrons. The van der Waals surface area contributed by atoms with E-state index in [2.05, 4.69) is 0 Å². The van der Waals surface area contributed by atoms with Gasteiger partial charge in [-0.25, -0.2) is 4.39 Å². The highest BCUT2D eigenvalue weighted by molar-refractivity contribution is 6.30. The second-order valence-electron chi connectivity index (χ2n) is 5.71. The summed E-state index contributed by atoms with van der Waals surface area (Å²) in [6.07, 6.45) is 1.38. The topological polar surface area (TPSA) is 79.8 Å². The smallest absolute Gasteiger partial charge is 0.257 e. The van der Waals surface area contributed by atoms with Gasteiger partial charge in [-0.2, -0.15) is 0 Å². The van der Waals surface area contributed by atoms with Crippen LogP contribution in [0.2, 0.25) is 5.02 Å². The van der Waals surface area contributed by atoms with Crippen LogP contribution >= 0.6 is 24.0 Å². The van der Waals surface area contributed by atoms with Gasteiger partial charge >= 0.3 is 0 Å². The molecule has 1 saturated heterocycles. The molecule has 0 saturated carbocycles. The minimum Gasteiger partial charge on any atom is -0.467 e. The second-order valence-corrected chi connectivity index (χ2v) is 6.15. The lowest BCUT2D eigenvalue weighted by atomic mass is 10.1. The molecule has 1 aromatic carbocycles. The maximum Gasteiger partial charge on any atom is 0.257 e. The van der Waals surface area contributed by atoms with Gasteiger partial charge in [0.1, 0.15) is 17.8 Å². The van der Waals surface area contributed by atoms with Crippen molar-refractivity contribution in [3.05, 3.63) is 58.3 Å². The third-order valence-corrected chi connectivity index (χ3v) is 4.35. The number of piperazine rings is 1. The van der Waals surface area contributed by atoms with Crippen LogP contribution in [0.5, 0.6) is 0 Å². The normalized spacial score (nSPS) is 14.1. The quantitative estimate of drug-likeness (QED) is 0.856. The molecule has 2 amide bonds. The fourth-order valence-electron chi connectivity index (χ4n) is 2.73. The summed E-state index contributed by atoms with van der Waals surface area (Å²) < 4.78 is 19.1. The molecule has 26 heavy (non-hydrogen) atoms. The number of rotatable bonds is 3. The number of nitrogens with zero attached hydrogens (tertiary/aromatic N) is 2. The number of carbonyl (C=O) groups is 2. The van der Waals surface area contributed by atoms with E-state index in [1.165, 1.54) is 23.3 Å². The van der Waals surface area contributed by atoms with Crippen molar-refractivity contribution >= 4 is 35.8 Å². The van der Waals surface area contributed by atoms with Gasteiger partial charge in [-0.3, -0.25) is 9.59 Å². The van der Waals surface area contributed by atoms with Gasteiger partial charge < -0.3 is 20.0 Å². The fraction of sp³-hybridized carbons (Fsp3) is 0.294. The first-order chi connectivity index (χ1) is 12.0. The number of furan rings is 1. The van der Waals surface area contributed by atoms with Crippen LogP contribution in [0.3, 0.4) is 0 Å². The molecule has 3 rings (SSSR count). The average Bonchev–Trinajstić information content (AvgIpc) is 3.10. The SMILES string of the molecule is Cl.NCc1cc(C(=O)N2CCN(C(=O)c3ccc(Cl)cc3F)CC2)co1. The van der Waals surface area contributed by atoms with Crippen molar-refractivity contribution in [1.82, 2.24) is 9.80 Å². The first-order valence-electron chi connectivity index (χ1n) is 7.80. The predicted molar refractivity (Wildman–Crippen MR) is 97.1 cm³/mol. The van der Waals surface area contributed by atoms with Crippen LogP contribution < -0.4 is 5.73 Å². The molecule has 1 aliphatic rings. The molecule has 0 spiro atoms. The van der Waals surface area contributed by atoms with E-state index in [0.717, 1.165) is 6.07 Å². The minimum absolute atomic E-state index is 0. The highest BCUT2D eigenvalue weighted by Gasteiger charge is 2.27. The zero-order chi connectivity index (χ0) is 18.0. The third kappa shape index (κ3) is 4.17. The Morgan fingerprint density at radius 3 is 2.27 bits per heavy atom. The van der Waals surface area contributed by atoms with Gasteiger partial charge in [0.15, 0.2) is 0 Å². The Labute approximate surface area is 161 Å². The number of hydrogen-bond donors (Lipinski definition) is 1. The molecule has 6 nitrogen and oxygen atoms in total. The Kier molecular flexibility index (Phi) is 6.63. The van der Waals surface area contributed by atoms with E-state index in [9.17, 15) is 14.0 Å². The maximum atomic E-state index is 13.9. The van der Waals surface area contributed by atoms with Crippen molar-refractivity contribution in [3.63, 3.8) is 0 Å². The Hall–Kier alpha value is -2.09. The predicted octanol–water partition coefficient (Wildman–Crippen LogP) is 2.55. The average molecular weight is 402 g/mol. The monoisotopic (exact) mass is 401 g/mol. The van der Waals surface area contributed by atoms with E-state index >= 15 is 0 Å². The van der Waals surface area contributed by atoms with E-state index in [-0.39, 0.29) is 35.4 Å². The summed E-state index contributed by atoms with van der Waals surface area (Å²) in [6, 6.07) is 5.58. The first kappa shape index (κ1) is 20.2. The summed E-state index contributed by atoms with van der Waals surface area (Å²) in [5.74, 6) is -0.692. The van der Waals surface area contributed by atoms with Gasteiger partial charge in [-0.15, -0.1) is 12.4 Å². The summed E-state index contributed by atoms with van der Waals surface area (Å²) >= 11 is 5.71. The molecule has 1 aliphatic heterocycles. The van der Waals surface area contributed by atoms with Crippen molar-refractivity contribution in [2.75, 3.05) is 26.2 Å². The zero-order valence-electron chi connectivity index (χ0n) is 13.8. The number of halogens is 3. The van der Waals surface area contributed by atoms with Gasteiger partial charge in [-0.05, 0) is 24.3 Å². The summed E-state index contributed by atoms with van der Waals surface area (Å²) in [5, 5.41) is 0.237. The van der Waals surface area contributed by atoms with Crippen molar-refractivity contribution < 1.29 is 18.4 Å². The molecule has 1 fully saturated rings. The minimum atomic E-state index is -0.649. The van der Waals surface area contributed by atoms with Gasteiger partial charge in [0.2, 0.25) is 0 Å². The van der Waals surface area contributed by atoms with Crippen LogP contribution in [0.1, 0.15) is 26.5 Å². The Balaban J connectivity index is 0.00000243. The van der Waals surface area contributed by atoms with Crippen LogP contribution in [-0.4, -0.2) is 47.8 Å². The molecule has 0 radical (unpaired) electrons. The van der Waals surface area contributed by atoms with Crippen molar-refractivity contribution in [1.29, 1.82) is 0 Å². The van der Waals surface area contributed by atoms with Gasteiger partial charge in [0.05, 0.1) is 17.7 Å². The largest absolute Gasteiger partial charge is 0.467 e. The Bertz CT molecular complexity index is 804. The van der Waals surface area contributed by atoms with Crippen LogP contribution in [0.4, 0.5) is 4.39 Å². The van der Waals surface area contributed by atoms with Crippen molar-refractivity contribution in [3.8, 4) is 0 Å². The van der Waals surface area contributed by atoms with Crippen molar-refractivity contribution in [2.24, 2.45) is 5.73 Å². The molecule has 0 atom stereocenters. The third-order valence-electron chi connectivity index (χ3n) is 4.12. The van der Waals surface area contributed by atoms with Gasteiger partial charge in [0, 0.05) is 31.2 Å². The number of carbonyl (C=O) groups excluding carboxylic acids is 2. The van der Waals surface area contributed by atoms with E-state index < -0.39 is 11.7 Å². The van der Waals surface area contributed by atoms with Crippen LogP contribution in [0.15, 0.2) is 34.9 Å². The Morgan fingerprint density at radius 2 is 1.73 bits per heavy atom. The van der Waals surface area contributed by atoms with Gasteiger partial charge in [0.25, 0.3) is 11.8 Å². The second kappa shape index (κ2) is 8.53. The lowest BCUT2D eigenvalue weighted by molar-refractivity contribution is 0.0532. The summed E-state index contributed by atoms with van der Waals surface area (Å²) in [5.41, 5.74) is 5.88. The van der Waals surface area contributed by atoms with E-state index in [1.54, 1.807) is 11.0 Å². The molecule has 0 bridgehead atoms. The molecule has 2 N–H and O–H groups in total. The summed E-state index contributed by atoms with van der Waals surface area (Å²) in [7, 11) is 0. The molecule has 2 heterocycles. The molecular formula is C17H18Cl2FN3O3. The summed E-state index contributed by atoms with van der Waals surface area (Å²) in [4.78, 5) is 28.0. The van der Waals surface area contributed by atoms with Crippen LogP contribution in [-0.2, 0) is 6.54 Å². The number of hydrogen-bond acceptors (Lipinski definition) is 4. The molecular weight excluding hydrogens is 384 g/mol. The molecule has 2 aromatic rings. The number of amides is 2. The lowest BCUT2D eigenvalue weighted by Crippen LogP contribution is -2.50. The standard InChI is InChI=1S/C17H17ClFN3O3.ClH/c18-12-1-2-14(15(19)8-12)17(24)22-5-3-21(4-6-22)16(23)11-7-13(9-20)25-10-11;/h1-2,7-8,10H,3-6,9,20H2;1H. The zero-order valence-corrected chi connectivity index (χ0v) is 15.4. The highest BCUT2D eigenvalue weighted by atomic mass is 35.5.